The van der Waals surface area contributed by atoms with Crippen LogP contribution in [0, 0.1) is 13.8 Å². The van der Waals surface area contributed by atoms with E-state index in [0.29, 0.717) is 16.5 Å². The van der Waals surface area contributed by atoms with Crippen molar-refractivity contribution in [1.82, 2.24) is 4.90 Å². The molecule has 0 bridgehead atoms. The average molecular weight is 465 g/mol. The van der Waals surface area contributed by atoms with Crippen molar-refractivity contribution in [3.63, 3.8) is 0 Å². The summed E-state index contributed by atoms with van der Waals surface area (Å²) < 4.78 is 5.76. The molecule has 0 spiro atoms. The number of anilines is 1. The number of hydrogen-bond donors (Lipinski definition) is 1. The number of benzene rings is 2. The molecule has 6 nitrogen and oxygen atoms in total. The smallest absolute Gasteiger partial charge is 0.294 e. The standard InChI is InChI=1S/C24H20N2O4S2/c1-15-7-6-10-19(16(15)2)25-21(27)14-26-23(28)20(32-24(26)29)13-17-11-12-22(30-17)31-18-8-4-3-5-9-18/h3-13H,14H2,1-2H3,(H,25,27)/b20-13-. The highest BCUT2D eigenvalue weighted by Crippen LogP contribution is 2.34. The fourth-order valence-electron chi connectivity index (χ4n) is 3.06. The second-order valence-electron chi connectivity index (χ2n) is 7.14. The minimum atomic E-state index is -0.509. The minimum absolute atomic E-state index is 0.222. The number of nitrogens with zero attached hydrogens (tertiary/aromatic N) is 1. The van der Waals surface area contributed by atoms with Crippen LogP contribution in [0.1, 0.15) is 16.9 Å². The molecule has 32 heavy (non-hydrogen) atoms. The normalized spacial score (nSPS) is 14.9. The number of carbonyl (C=O) groups excluding carboxylic acids is 3. The Morgan fingerprint density at radius 1 is 1.06 bits per heavy atom. The lowest BCUT2D eigenvalue weighted by molar-refractivity contribution is -0.127. The van der Waals surface area contributed by atoms with E-state index in [4.69, 9.17) is 4.42 Å². The maximum atomic E-state index is 12.7. The van der Waals surface area contributed by atoms with Crippen molar-refractivity contribution in [1.29, 1.82) is 0 Å². The lowest BCUT2D eigenvalue weighted by atomic mass is 10.1. The first-order valence-corrected chi connectivity index (χ1v) is 11.5. The largest absolute Gasteiger partial charge is 0.450 e. The average Bonchev–Trinajstić information content (AvgIpc) is 3.31. The first-order valence-electron chi connectivity index (χ1n) is 9.85. The van der Waals surface area contributed by atoms with Gasteiger partial charge in [-0.25, -0.2) is 0 Å². The number of thioether (sulfide) groups is 1. The van der Waals surface area contributed by atoms with Crippen LogP contribution in [0.15, 0.2) is 80.0 Å². The maximum Gasteiger partial charge on any atom is 0.294 e. The zero-order valence-electron chi connectivity index (χ0n) is 17.5. The molecule has 0 atom stereocenters. The van der Waals surface area contributed by atoms with Gasteiger partial charge >= 0.3 is 0 Å². The van der Waals surface area contributed by atoms with E-state index in [0.717, 1.165) is 32.7 Å². The van der Waals surface area contributed by atoms with Gasteiger partial charge in [-0.15, -0.1) is 0 Å². The Labute approximate surface area is 194 Å². The van der Waals surface area contributed by atoms with Crippen LogP contribution in [-0.4, -0.2) is 28.5 Å². The fourth-order valence-corrected chi connectivity index (χ4v) is 4.67. The van der Waals surface area contributed by atoms with Crippen molar-refractivity contribution in [3.05, 3.63) is 82.5 Å². The van der Waals surface area contributed by atoms with Crippen LogP contribution in [0.4, 0.5) is 10.5 Å². The Morgan fingerprint density at radius 2 is 1.84 bits per heavy atom. The Kier molecular flexibility index (Phi) is 6.53. The third-order valence-corrected chi connectivity index (χ3v) is 6.73. The summed E-state index contributed by atoms with van der Waals surface area (Å²) in [5.41, 5.74) is 2.65. The van der Waals surface area contributed by atoms with Crippen molar-refractivity contribution < 1.29 is 18.8 Å². The van der Waals surface area contributed by atoms with Gasteiger partial charge in [0.05, 0.1) is 4.91 Å². The highest BCUT2D eigenvalue weighted by Gasteiger charge is 2.36. The lowest BCUT2D eigenvalue weighted by Crippen LogP contribution is -2.36. The van der Waals surface area contributed by atoms with Crippen LogP contribution in [0.25, 0.3) is 6.08 Å². The number of imide groups is 1. The molecule has 1 aliphatic heterocycles. The quantitative estimate of drug-likeness (QED) is 0.470. The first kappa shape index (κ1) is 22.0. The van der Waals surface area contributed by atoms with Gasteiger partial charge in [-0.1, -0.05) is 42.1 Å². The summed E-state index contributed by atoms with van der Waals surface area (Å²) in [6.45, 7) is 3.51. The summed E-state index contributed by atoms with van der Waals surface area (Å²) in [4.78, 5) is 39.7. The topological polar surface area (TPSA) is 79.6 Å². The molecule has 1 saturated heterocycles. The first-order chi connectivity index (χ1) is 15.4. The van der Waals surface area contributed by atoms with Crippen LogP contribution >= 0.6 is 23.5 Å². The van der Waals surface area contributed by atoms with Crippen molar-refractivity contribution in [3.8, 4) is 0 Å². The lowest BCUT2D eigenvalue weighted by Gasteiger charge is -2.14. The Bertz CT molecular complexity index is 1220. The molecule has 1 aliphatic rings. The van der Waals surface area contributed by atoms with Gasteiger partial charge in [0.2, 0.25) is 5.91 Å². The van der Waals surface area contributed by atoms with Crippen LogP contribution in [0.3, 0.4) is 0 Å². The predicted octanol–water partition coefficient (Wildman–Crippen LogP) is 5.72. The summed E-state index contributed by atoms with van der Waals surface area (Å²) >= 11 is 2.26. The van der Waals surface area contributed by atoms with Gasteiger partial charge < -0.3 is 9.73 Å². The van der Waals surface area contributed by atoms with Crippen molar-refractivity contribution >= 4 is 52.3 Å². The van der Waals surface area contributed by atoms with Crippen molar-refractivity contribution in [2.45, 2.75) is 23.8 Å². The summed E-state index contributed by atoms with van der Waals surface area (Å²) in [5.74, 6) is -0.472. The van der Waals surface area contributed by atoms with Crippen LogP contribution in [0.5, 0.6) is 0 Å². The van der Waals surface area contributed by atoms with E-state index in [1.807, 2.05) is 62.4 Å². The molecule has 0 saturated carbocycles. The summed E-state index contributed by atoms with van der Waals surface area (Å²) in [7, 11) is 0. The van der Waals surface area contributed by atoms with Gasteiger partial charge in [-0.3, -0.25) is 19.3 Å². The highest BCUT2D eigenvalue weighted by atomic mass is 32.2. The van der Waals surface area contributed by atoms with E-state index in [9.17, 15) is 14.4 Å². The second kappa shape index (κ2) is 9.50. The SMILES string of the molecule is Cc1cccc(NC(=O)CN2C(=O)S/C(=C\c3ccc(Sc4ccccc4)o3)C2=O)c1C. The van der Waals surface area contributed by atoms with Gasteiger partial charge in [0.1, 0.15) is 12.3 Å². The monoisotopic (exact) mass is 464 g/mol. The van der Waals surface area contributed by atoms with Crippen molar-refractivity contribution in [2.75, 3.05) is 11.9 Å². The molecule has 162 valence electrons. The Balaban J connectivity index is 1.42. The zero-order chi connectivity index (χ0) is 22.7. The third kappa shape index (κ3) is 4.98. The summed E-state index contributed by atoms with van der Waals surface area (Å²) in [5, 5.41) is 2.97. The van der Waals surface area contributed by atoms with Gasteiger partial charge in [0.15, 0.2) is 5.09 Å². The maximum absolute atomic E-state index is 12.7. The highest BCUT2D eigenvalue weighted by molar-refractivity contribution is 8.18. The minimum Gasteiger partial charge on any atom is -0.450 e. The molecule has 0 unspecified atom stereocenters. The number of hydrogen-bond acceptors (Lipinski definition) is 6. The molecule has 2 heterocycles. The van der Waals surface area contributed by atoms with Crippen molar-refractivity contribution in [2.24, 2.45) is 0 Å². The molecule has 3 amide bonds. The molecule has 2 aromatic carbocycles. The molecule has 3 aromatic rings. The molecule has 1 aromatic heterocycles. The molecular formula is C24H20N2O4S2. The predicted molar refractivity (Wildman–Crippen MR) is 126 cm³/mol. The van der Waals surface area contributed by atoms with Crippen LogP contribution in [-0.2, 0) is 9.59 Å². The number of carbonyl (C=O) groups is 3. The van der Waals surface area contributed by atoms with E-state index in [1.165, 1.54) is 17.8 Å². The number of nitrogens with one attached hydrogen (secondary N) is 1. The van der Waals surface area contributed by atoms with Gasteiger partial charge in [0, 0.05) is 16.7 Å². The van der Waals surface area contributed by atoms with Crippen LogP contribution < -0.4 is 5.32 Å². The van der Waals surface area contributed by atoms with E-state index in [2.05, 4.69) is 5.32 Å². The molecule has 8 heteroatoms. The molecular weight excluding hydrogens is 444 g/mol. The summed E-state index contributed by atoms with van der Waals surface area (Å²) in [6.07, 6.45) is 1.53. The molecule has 0 aliphatic carbocycles. The van der Waals surface area contributed by atoms with E-state index < -0.39 is 17.1 Å². The van der Waals surface area contributed by atoms with Gasteiger partial charge in [0.25, 0.3) is 11.1 Å². The fraction of sp³-hybridized carbons (Fsp3) is 0.125. The zero-order valence-corrected chi connectivity index (χ0v) is 19.1. The molecule has 0 radical (unpaired) electrons. The van der Waals surface area contributed by atoms with E-state index in [-0.39, 0.29) is 11.4 Å². The van der Waals surface area contributed by atoms with Gasteiger partial charge in [-0.05, 0) is 67.1 Å². The van der Waals surface area contributed by atoms with E-state index in [1.54, 1.807) is 12.1 Å². The number of amides is 3. The van der Waals surface area contributed by atoms with Gasteiger partial charge in [-0.2, -0.15) is 0 Å². The number of rotatable bonds is 6. The Hall–Kier alpha value is -3.23. The van der Waals surface area contributed by atoms with Crippen LogP contribution in [0.2, 0.25) is 0 Å². The summed E-state index contributed by atoms with van der Waals surface area (Å²) in [6, 6.07) is 18.9. The second-order valence-corrected chi connectivity index (χ2v) is 9.21. The third-order valence-electron chi connectivity index (χ3n) is 4.89. The number of aryl methyl sites for hydroxylation is 1. The molecule has 1 N–H and O–H groups in total. The molecule has 4 rings (SSSR count). The number of furan rings is 1. The van der Waals surface area contributed by atoms with E-state index >= 15 is 0 Å². The Morgan fingerprint density at radius 3 is 2.62 bits per heavy atom. The molecule has 1 fully saturated rings.